The monoisotopic (exact) mass is 342 g/mol. The second-order valence-corrected chi connectivity index (χ2v) is 6.88. The van der Waals surface area contributed by atoms with E-state index in [1.165, 1.54) is 12.1 Å². The van der Waals surface area contributed by atoms with Gasteiger partial charge in [0.2, 0.25) is 5.91 Å². The van der Waals surface area contributed by atoms with Gasteiger partial charge in [-0.05, 0) is 43.5 Å². The average Bonchev–Trinajstić information content (AvgIpc) is 2.91. The Labute approximate surface area is 141 Å². The van der Waals surface area contributed by atoms with Gasteiger partial charge in [0.1, 0.15) is 0 Å². The molecular weight excluding hydrogens is 317 g/mol. The smallest absolute Gasteiger partial charge is 0.345 e. The van der Waals surface area contributed by atoms with Crippen LogP contribution in [0.2, 0.25) is 0 Å². The molecule has 6 heteroatoms. The first-order valence-corrected chi connectivity index (χ1v) is 8.27. The van der Waals surface area contributed by atoms with Crippen LogP contribution in [-0.2, 0) is 11.0 Å². The summed E-state index contributed by atoms with van der Waals surface area (Å²) in [6.07, 6.45) is -3.25. The third-order valence-electron chi connectivity index (χ3n) is 4.72. The summed E-state index contributed by atoms with van der Waals surface area (Å²) in [5.41, 5.74) is -0.460. The SMILES string of the molecule is C[C@@H](CC(=O)N(C)C[C@@H]1CCN(C)C1)c1ccccc1C(F)(F)F. The van der Waals surface area contributed by atoms with Crippen molar-refractivity contribution in [3.05, 3.63) is 35.4 Å². The van der Waals surface area contributed by atoms with Gasteiger partial charge in [-0.25, -0.2) is 0 Å². The normalized spacial score (nSPS) is 20.2. The van der Waals surface area contributed by atoms with Crippen LogP contribution in [0.25, 0.3) is 0 Å². The summed E-state index contributed by atoms with van der Waals surface area (Å²) in [5, 5.41) is 0. The van der Waals surface area contributed by atoms with Gasteiger partial charge in [-0.3, -0.25) is 4.79 Å². The molecule has 0 aliphatic carbocycles. The Bertz CT molecular complexity index is 574. The number of hydrogen-bond acceptors (Lipinski definition) is 2. The molecule has 2 rings (SSSR count). The fraction of sp³-hybridized carbons (Fsp3) is 0.611. The Morgan fingerprint density at radius 1 is 1.38 bits per heavy atom. The van der Waals surface area contributed by atoms with E-state index in [0.29, 0.717) is 12.5 Å². The Morgan fingerprint density at radius 2 is 2.04 bits per heavy atom. The molecule has 3 nitrogen and oxygen atoms in total. The van der Waals surface area contributed by atoms with Crippen molar-refractivity contribution in [1.29, 1.82) is 0 Å². The van der Waals surface area contributed by atoms with E-state index < -0.39 is 17.7 Å². The minimum absolute atomic E-state index is 0.0894. The lowest BCUT2D eigenvalue weighted by Gasteiger charge is -2.24. The predicted molar refractivity (Wildman–Crippen MR) is 87.7 cm³/mol. The summed E-state index contributed by atoms with van der Waals surface area (Å²) in [7, 11) is 3.79. The topological polar surface area (TPSA) is 23.6 Å². The number of benzene rings is 1. The Kier molecular flexibility index (Phi) is 5.91. The predicted octanol–water partition coefficient (Wildman–Crippen LogP) is 3.61. The van der Waals surface area contributed by atoms with Crippen molar-refractivity contribution in [2.45, 2.75) is 31.9 Å². The van der Waals surface area contributed by atoms with E-state index in [2.05, 4.69) is 11.9 Å². The van der Waals surface area contributed by atoms with Crippen molar-refractivity contribution in [3.8, 4) is 0 Å². The third kappa shape index (κ3) is 4.72. The first-order chi connectivity index (χ1) is 11.2. The molecular formula is C18H25F3N2O. The summed E-state index contributed by atoms with van der Waals surface area (Å²) >= 11 is 0. The number of nitrogens with zero attached hydrogens (tertiary/aromatic N) is 2. The summed E-state index contributed by atoms with van der Waals surface area (Å²) in [4.78, 5) is 16.3. The zero-order chi connectivity index (χ0) is 17.9. The maximum Gasteiger partial charge on any atom is 0.416 e. The van der Waals surface area contributed by atoms with Gasteiger partial charge < -0.3 is 9.80 Å². The van der Waals surface area contributed by atoms with E-state index in [-0.39, 0.29) is 17.9 Å². The van der Waals surface area contributed by atoms with Crippen LogP contribution in [0.1, 0.15) is 36.8 Å². The van der Waals surface area contributed by atoms with Crippen molar-refractivity contribution in [1.82, 2.24) is 9.80 Å². The van der Waals surface area contributed by atoms with Gasteiger partial charge in [0.05, 0.1) is 5.56 Å². The summed E-state index contributed by atoms with van der Waals surface area (Å²) in [5.74, 6) is -0.125. The molecule has 1 aliphatic rings. The molecule has 1 aliphatic heterocycles. The van der Waals surface area contributed by atoms with Gasteiger partial charge in [-0.2, -0.15) is 13.2 Å². The Hall–Kier alpha value is -1.56. The van der Waals surface area contributed by atoms with Crippen LogP contribution in [0.4, 0.5) is 13.2 Å². The fourth-order valence-electron chi connectivity index (χ4n) is 3.38. The van der Waals surface area contributed by atoms with Crippen LogP contribution >= 0.6 is 0 Å². The zero-order valence-corrected chi connectivity index (χ0v) is 14.4. The molecule has 0 N–H and O–H groups in total. The molecule has 1 saturated heterocycles. The van der Waals surface area contributed by atoms with Gasteiger partial charge in [0, 0.05) is 26.6 Å². The molecule has 0 bridgehead atoms. The number of rotatable bonds is 5. The molecule has 1 aromatic carbocycles. The number of amides is 1. The van der Waals surface area contributed by atoms with Crippen LogP contribution in [0.5, 0.6) is 0 Å². The molecule has 2 atom stereocenters. The van der Waals surface area contributed by atoms with Gasteiger partial charge >= 0.3 is 6.18 Å². The van der Waals surface area contributed by atoms with E-state index in [1.807, 2.05) is 0 Å². The molecule has 0 radical (unpaired) electrons. The highest BCUT2D eigenvalue weighted by Crippen LogP contribution is 2.36. The average molecular weight is 342 g/mol. The Morgan fingerprint density at radius 3 is 2.62 bits per heavy atom. The number of likely N-dealkylation sites (tertiary alicyclic amines) is 1. The highest BCUT2D eigenvalue weighted by atomic mass is 19.4. The second kappa shape index (κ2) is 7.55. The van der Waals surface area contributed by atoms with Crippen LogP contribution in [0.3, 0.4) is 0 Å². The zero-order valence-electron chi connectivity index (χ0n) is 14.4. The maximum absolute atomic E-state index is 13.1. The lowest BCUT2D eigenvalue weighted by atomic mass is 9.92. The number of halogens is 3. The van der Waals surface area contributed by atoms with Crippen molar-refractivity contribution in [3.63, 3.8) is 0 Å². The molecule has 0 spiro atoms. The second-order valence-electron chi connectivity index (χ2n) is 6.88. The standard InChI is InChI=1S/C18H25F3N2O/c1-13(15-6-4-5-7-16(15)18(19,20)21)10-17(24)23(3)12-14-8-9-22(2)11-14/h4-7,13-14H,8-12H2,1-3H3/t13-,14+/m0/s1. The highest BCUT2D eigenvalue weighted by molar-refractivity contribution is 5.76. The maximum atomic E-state index is 13.1. The van der Waals surface area contributed by atoms with Crippen LogP contribution in [-0.4, -0.2) is 49.4 Å². The molecule has 0 saturated carbocycles. The highest BCUT2D eigenvalue weighted by Gasteiger charge is 2.34. The van der Waals surface area contributed by atoms with E-state index in [9.17, 15) is 18.0 Å². The van der Waals surface area contributed by atoms with Gasteiger partial charge in [0.25, 0.3) is 0 Å². The van der Waals surface area contributed by atoms with Gasteiger partial charge in [-0.1, -0.05) is 25.1 Å². The molecule has 1 aromatic rings. The van der Waals surface area contributed by atoms with Gasteiger partial charge in [0.15, 0.2) is 0 Å². The van der Waals surface area contributed by atoms with E-state index in [0.717, 1.165) is 25.6 Å². The van der Waals surface area contributed by atoms with E-state index >= 15 is 0 Å². The lowest BCUT2D eigenvalue weighted by molar-refractivity contribution is -0.139. The van der Waals surface area contributed by atoms with E-state index in [1.54, 1.807) is 24.9 Å². The number of carbonyl (C=O) groups excluding carboxylic acids is 1. The Balaban J connectivity index is 1.99. The number of hydrogen-bond donors (Lipinski definition) is 0. The number of alkyl halides is 3. The van der Waals surface area contributed by atoms with Crippen LogP contribution in [0.15, 0.2) is 24.3 Å². The molecule has 24 heavy (non-hydrogen) atoms. The lowest BCUT2D eigenvalue weighted by Crippen LogP contribution is -2.33. The summed E-state index contributed by atoms with van der Waals surface area (Å²) in [6, 6.07) is 5.51. The molecule has 0 unspecified atom stereocenters. The van der Waals surface area contributed by atoms with Gasteiger partial charge in [-0.15, -0.1) is 0 Å². The quantitative estimate of drug-likeness (QED) is 0.816. The number of carbonyl (C=O) groups is 1. The first-order valence-electron chi connectivity index (χ1n) is 8.27. The summed E-state index contributed by atoms with van der Waals surface area (Å²) in [6.45, 7) is 4.34. The molecule has 0 aromatic heterocycles. The molecule has 1 fully saturated rings. The fourth-order valence-corrected chi connectivity index (χ4v) is 3.38. The first kappa shape index (κ1) is 18.8. The van der Waals surface area contributed by atoms with Crippen molar-refractivity contribution in [2.24, 2.45) is 5.92 Å². The van der Waals surface area contributed by atoms with Crippen molar-refractivity contribution < 1.29 is 18.0 Å². The minimum atomic E-state index is -4.39. The van der Waals surface area contributed by atoms with Crippen LogP contribution in [0, 0.1) is 5.92 Å². The molecule has 1 heterocycles. The molecule has 134 valence electrons. The largest absolute Gasteiger partial charge is 0.416 e. The molecule has 1 amide bonds. The van der Waals surface area contributed by atoms with Crippen molar-refractivity contribution in [2.75, 3.05) is 33.7 Å². The summed E-state index contributed by atoms with van der Waals surface area (Å²) < 4.78 is 39.3. The van der Waals surface area contributed by atoms with E-state index in [4.69, 9.17) is 0 Å². The third-order valence-corrected chi connectivity index (χ3v) is 4.72. The van der Waals surface area contributed by atoms with Crippen molar-refractivity contribution >= 4 is 5.91 Å². The van der Waals surface area contributed by atoms with Crippen LogP contribution < -0.4 is 0 Å². The minimum Gasteiger partial charge on any atom is -0.345 e.